The van der Waals surface area contributed by atoms with E-state index in [0.717, 1.165) is 17.7 Å². The molecule has 2 aromatic carbocycles. The molecule has 0 aliphatic heterocycles. The molecule has 5 nitrogen and oxygen atoms in total. The van der Waals surface area contributed by atoms with Crippen molar-refractivity contribution in [2.24, 2.45) is 0 Å². The Balaban J connectivity index is 2.21. The first kappa shape index (κ1) is 15.5. The van der Waals surface area contributed by atoms with Crippen molar-refractivity contribution < 1.29 is 24.2 Å². The largest absolute Gasteiger partial charge is 0.480 e. The van der Waals surface area contributed by atoms with Gasteiger partial charge >= 0.3 is 11.9 Å². The summed E-state index contributed by atoms with van der Waals surface area (Å²) in [5.74, 6) is -3.13. The minimum Gasteiger partial charge on any atom is -0.480 e. The van der Waals surface area contributed by atoms with Gasteiger partial charge < -0.3 is 15.5 Å². The summed E-state index contributed by atoms with van der Waals surface area (Å²) in [5, 5.41) is 20.8. The van der Waals surface area contributed by atoms with E-state index in [1.165, 1.54) is 6.07 Å². The third-order valence-corrected chi connectivity index (χ3v) is 3.07. The molecule has 0 bridgehead atoms. The predicted molar refractivity (Wildman–Crippen MR) is 78.6 cm³/mol. The molecule has 114 valence electrons. The molecule has 1 atom stereocenters. The van der Waals surface area contributed by atoms with Gasteiger partial charge in [-0.05, 0) is 23.8 Å². The van der Waals surface area contributed by atoms with Crippen molar-refractivity contribution in [3.63, 3.8) is 0 Å². The number of nitrogens with one attached hydrogen (secondary N) is 1. The van der Waals surface area contributed by atoms with Crippen LogP contribution in [0.3, 0.4) is 0 Å². The highest BCUT2D eigenvalue weighted by molar-refractivity contribution is 5.89. The number of carbonyl (C=O) groups is 2. The Morgan fingerprint density at radius 1 is 1.09 bits per heavy atom. The Morgan fingerprint density at radius 2 is 1.77 bits per heavy atom. The molecule has 1 unspecified atom stereocenters. The Morgan fingerprint density at radius 3 is 2.36 bits per heavy atom. The van der Waals surface area contributed by atoms with Crippen LogP contribution in [-0.2, 0) is 11.2 Å². The Labute approximate surface area is 126 Å². The maximum Gasteiger partial charge on any atom is 0.335 e. The fourth-order valence-electron chi connectivity index (χ4n) is 2.05. The molecule has 2 rings (SSSR count). The molecular weight excluding hydrogens is 289 g/mol. The SMILES string of the molecule is O=C(O)c1cc(F)cc(NC(Cc2ccccc2)C(=O)O)c1. The van der Waals surface area contributed by atoms with E-state index in [1.54, 1.807) is 24.3 Å². The highest BCUT2D eigenvalue weighted by Crippen LogP contribution is 2.17. The highest BCUT2D eigenvalue weighted by atomic mass is 19.1. The van der Waals surface area contributed by atoms with Gasteiger partial charge in [-0.1, -0.05) is 30.3 Å². The van der Waals surface area contributed by atoms with Crippen LogP contribution in [-0.4, -0.2) is 28.2 Å². The molecule has 0 fully saturated rings. The zero-order chi connectivity index (χ0) is 16.1. The molecule has 0 heterocycles. The van der Waals surface area contributed by atoms with Gasteiger partial charge in [0.1, 0.15) is 11.9 Å². The molecule has 0 saturated heterocycles. The van der Waals surface area contributed by atoms with Crippen LogP contribution in [0.5, 0.6) is 0 Å². The van der Waals surface area contributed by atoms with Gasteiger partial charge in [0.05, 0.1) is 5.56 Å². The van der Waals surface area contributed by atoms with E-state index in [0.29, 0.717) is 0 Å². The van der Waals surface area contributed by atoms with Crippen LogP contribution in [0, 0.1) is 5.82 Å². The van der Waals surface area contributed by atoms with Crippen molar-refractivity contribution in [1.82, 2.24) is 0 Å². The van der Waals surface area contributed by atoms with Crippen molar-refractivity contribution in [3.05, 3.63) is 65.5 Å². The molecule has 0 aliphatic rings. The molecule has 2 aromatic rings. The van der Waals surface area contributed by atoms with Crippen LogP contribution in [0.4, 0.5) is 10.1 Å². The third kappa shape index (κ3) is 4.05. The summed E-state index contributed by atoms with van der Waals surface area (Å²) >= 11 is 0. The summed E-state index contributed by atoms with van der Waals surface area (Å²) in [7, 11) is 0. The Kier molecular flexibility index (Phi) is 4.73. The first-order valence-electron chi connectivity index (χ1n) is 6.53. The van der Waals surface area contributed by atoms with Crippen LogP contribution in [0.1, 0.15) is 15.9 Å². The average molecular weight is 303 g/mol. The van der Waals surface area contributed by atoms with Crippen LogP contribution in [0.2, 0.25) is 0 Å². The zero-order valence-corrected chi connectivity index (χ0v) is 11.5. The summed E-state index contributed by atoms with van der Waals surface area (Å²) in [6.07, 6.45) is 0.190. The summed E-state index contributed by atoms with van der Waals surface area (Å²) in [6.45, 7) is 0. The van der Waals surface area contributed by atoms with E-state index in [1.807, 2.05) is 6.07 Å². The van der Waals surface area contributed by atoms with Gasteiger partial charge in [-0.25, -0.2) is 14.0 Å². The minimum atomic E-state index is -1.28. The number of rotatable bonds is 6. The lowest BCUT2D eigenvalue weighted by Crippen LogP contribution is -2.31. The second kappa shape index (κ2) is 6.71. The number of aromatic carboxylic acids is 1. The summed E-state index contributed by atoms with van der Waals surface area (Å²) in [6, 6.07) is 11.1. The maximum absolute atomic E-state index is 13.4. The average Bonchev–Trinajstić information content (AvgIpc) is 2.47. The highest BCUT2D eigenvalue weighted by Gasteiger charge is 2.19. The van der Waals surface area contributed by atoms with Gasteiger partial charge in [0, 0.05) is 12.1 Å². The zero-order valence-electron chi connectivity index (χ0n) is 11.5. The lowest BCUT2D eigenvalue weighted by molar-refractivity contribution is -0.137. The van der Waals surface area contributed by atoms with Gasteiger partial charge in [0.25, 0.3) is 0 Å². The number of benzene rings is 2. The van der Waals surface area contributed by atoms with Gasteiger partial charge in [0.15, 0.2) is 0 Å². The quantitative estimate of drug-likeness (QED) is 0.763. The molecule has 0 radical (unpaired) electrons. The maximum atomic E-state index is 13.4. The van der Waals surface area contributed by atoms with E-state index < -0.39 is 23.8 Å². The molecule has 3 N–H and O–H groups in total. The summed E-state index contributed by atoms with van der Waals surface area (Å²) in [5.41, 5.74) is 0.671. The van der Waals surface area contributed by atoms with E-state index in [2.05, 4.69) is 5.32 Å². The lowest BCUT2D eigenvalue weighted by atomic mass is 10.1. The van der Waals surface area contributed by atoms with E-state index >= 15 is 0 Å². The van der Waals surface area contributed by atoms with Crippen LogP contribution < -0.4 is 5.32 Å². The van der Waals surface area contributed by atoms with Crippen LogP contribution >= 0.6 is 0 Å². The lowest BCUT2D eigenvalue weighted by Gasteiger charge is -2.16. The minimum absolute atomic E-state index is 0.112. The number of halogens is 1. The van der Waals surface area contributed by atoms with Crippen molar-refractivity contribution in [2.45, 2.75) is 12.5 Å². The molecule has 0 spiro atoms. The van der Waals surface area contributed by atoms with Crippen molar-refractivity contribution in [3.8, 4) is 0 Å². The molecule has 0 saturated carbocycles. The second-order valence-electron chi connectivity index (χ2n) is 4.76. The second-order valence-corrected chi connectivity index (χ2v) is 4.76. The molecule has 0 aliphatic carbocycles. The molecule has 0 aromatic heterocycles. The summed E-state index contributed by atoms with van der Waals surface area (Å²) < 4.78 is 13.4. The van der Waals surface area contributed by atoms with E-state index in [4.69, 9.17) is 5.11 Å². The van der Waals surface area contributed by atoms with E-state index in [9.17, 15) is 19.1 Å². The molecular formula is C16H14FNO4. The van der Waals surface area contributed by atoms with Crippen LogP contribution in [0.25, 0.3) is 0 Å². The van der Waals surface area contributed by atoms with Crippen molar-refractivity contribution in [1.29, 1.82) is 0 Å². The number of aliphatic carboxylic acids is 1. The van der Waals surface area contributed by atoms with Crippen LogP contribution in [0.15, 0.2) is 48.5 Å². The molecule has 22 heavy (non-hydrogen) atoms. The number of carboxylic acids is 2. The number of hydrogen-bond donors (Lipinski definition) is 3. The number of hydrogen-bond acceptors (Lipinski definition) is 3. The van der Waals surface area contributed by atoms with Crippen molar-refractivity contribution >= 4 is 17.6 Å². The smallest absolute Gasteiger partial charge is 0.335 e. The van der Waals surface area contributed by atoms with Gasteiger partial charge in [-0.2, -0.15) is 0 Å². The fourth-order valence-corrected chi connectivity index (χ4v) is 2.05. The monoisotopic (exact) mass is 303 g/mol. The van der Waals surface area contributed by atoms with E-state index in [-0.39, 0.29) is 17.7 Å². The first-order valence-corrected chi connectivity index (χ1v) is 6.53. The van der Waals surface area contributed by atoms with Gasteiger partial charge in [-0.3, -0.25) is 0 Å². The predicted octanol–water partition coefficient (Wildman–Crippen LogP) is 2.63. The molecule has 6 heteroatoms. The fraction of sp³-hybridized carbons (Fsp3) is 0.125. The van der Waals surface area contributed by atoms with Gasteiger partial charge in [0.2, 0.25) is 0 Å². The first-order chi connectivity index (χ1) is 10.5. The third-order valence-electron chi connectivity index (χ3n) is 3.07. The number of anilines is 1. The topological polar surface area (TPSA) is 86.6 Å². The normalized spacial score (nSPS) is 11.7. The van der Waals surface area contributed by atoms with Gasteiger partial charge in [-0.15, -0.1) is 0 Å². The van der Waals surface area contributed by atoms with Crippen molar-refractivity contribution in [2.75, 3.05) is 5.32 Å². The summed E-state index contributed by atoms with van der Waals surface area (Å²) in [4.78, 5) is 22.2. The molecule has 0 amide bonds. The Bertz CT molecular complexity index is 688. The number of carboxylic acid groups (broad SMARTS) is 2. The Hall–Kier alpha value is -2.89. The standard InChI is InChI=1S/C16H14FNO4/c17-12-7-11(15(19)20)8-13(9-12)18-14(16(21)22)6-10-4-2-1-3-5-10/h1-5,7-9,14,18H,6H2,(H,19,20)(H,21,22).